The van der Waals surface area contributed by atoms with Crippen LogP contribution in [-0.2, 0) is 0 Å². The maximum absolute atomic E-state index is 5.81. The van der Waals surface area contributed by atoms with Crippen LogP contribution in [0.3, 0.4) is 0 Å². The molecular weight excluding hydrogens is 360 g/mol. The molecular formula is C22H27BrO. The third-order valence-corrected chi connectivity index (χ3v) is 4.51. The molecule has 0 fully saturated rings. The second kappa shape index (κ2) is 11.1. The molecule has 2 aromatic carbocycles. The Morgan fingerprint density at radius 3 is 1.92 bits per heavy atom. The molecule has 0 aliphatic heterocycles. The van der Waals surface area contributed by atoms with Crippen molar-refractivity contribution in [3.8, 4) is 5.75 Å². The van der Waals surface area contributed by atoms with Crippen LogP contribution in [0.1, 0.15) is 56.6 Å². The molecule has 0 radical (unpaired) electrons. The Labute approximate surface area is 154 Å². The van der Waals surface area contributed by atoms with Gasteiger partial charge in [0.15, 0.2) is 0 Å². The molecule has 0 saturated heterocycles. The third-order valence-electron chi connectivity index (χ3n) is 3.98. The first kappa shape index (κ1) is 18.8. The van der Waals surface area contributed by atoms with Gasteiger partial charge in [-0.05, 0) is 41.8 Å². The van der Waals surface area contributed by atoms with Crippen molar-refractivity contribution in [3.05, 3.63) is 64.1 Å². The quantitative estimate of drug-likeness (QED) is 0.306. The molecule has 0 atom stereocenters. The van der Waals surface area contributed by atoms with Crippen LogP contribution in [0.15, 0.2) is 53.0 Å². The number of halogens is 1. The van der Waals surface area contributed by atoms with Crippen molar-refractivity contribution in [3.63, 3.8) is 0 Å². The van der Waals surface area contributed by atoms with E-state index in [-0.39, 0.29) is 0 Å². The molecule has 128 valence electrons. The molecule has 0 amide bonds. The van der Waals surface area contributed by atoms with E-state index in [1.807, 2.05) is 0 Å². The average Bonchev–Trinajstić information content (AvgIpc) is 2.61. The first-order valence-electron chi connectivity index (χ1n) is 8.94. The minimum atomic E-state index is 0.820. The second-order valence-electron chi connectivity index (χ2n) is 6.07. The Kier molecular flexibility index (Phi) is 8.69. The number of unbranched alkanes of at least 4 members (excludes halogenated alkanes) is 5. The van der Waals surface area contributed by atoms with Gasteiger partial charge >= 0.3 is 0 Å². The van der Waals surface area contributed by atoms with E-state index < -0.39 is 0 Å². The van der Waals surface area contributed by atoms with Crippen LogP contribution in [-0.4, -0.2) is 6.61 Å². The molecule has 0 aliphatic carbocycles. The van der Waals surface area contributed by atoms with E-state index in [0.29, 0.717) is 0 Å². The summed E-state index contributed by atoms with van der Waals surface area (Å²) in [4.78, 5) is 0. The van der Waals surface area contributed by atoms with Crippen LogP contribution in [0.5, 0.6) is 5.75 Å². The summed E-state index contributed by atoms with van der Waals surface area (Å²) in [6.07, 6.45) is 12.0. The Hall–Kier alpha value is -1.54. The summed E-state index contributed by atoms with van der Waals surface area (Å²) in [5.74, 6) is 0.962. The van der Waals surface area contributed by atoms with E-state index in [4.69, 9.17) is 4.74 Å². The fraction of sp³-hybridized carbons (Fsp3) is 0.364. The van der Waals surface area contributed by atoms with Crippen LogP contribution in [0.2, 0.25) is 0 Å². The minimum absolute atomic E-state index is 0.820. The van der Waals surface area contributed by atoms with E-state index in [9.17, 15) is 0 Å². The lowest BCUT2D eigenvalue weighted by molar-refractivity contribution is 0.304. The zero-order chi connectivity index (χ0) is 17.0. The second-order valence-corrected chi connectivity index (χ2v) is 6.99. The molecule has 0 heterocycles. The highest BCUT2D eigenvalue weighted by Gasteiger charge is 1.95. The van der Waals surface area contributed by atoms with Gasteiger partial charge in [0.05, 0.1) is 6.61 Å². The standard InChI is InChI=1S/C22H27BrO/c1-2-3-4-5-6-7-18-24-22-16-12-20(13-17-22)9-8-19-10-14-21(23)15-11-19/h8-17H,2-7,18H2,1H3. The summed E-state index contributed by atoms with van der Waals surface area (Å²) in [7, 11) is 0. The lowest BCUT2D eigenvalue weighted by atomic mass is 10.1. The molecule has 0 aromatic heterocycles. The Morgan fingerprint density at radius 2 is 1.29 bits per heavy atom. The van der Waals surface area contributed by atoms with Crippen molar-refractivity contribution >= 4 is 28.1 Å². The summed E-state index contributed by atoms with van der Waals surface area (Å²) in [6.45, 7) is 3.07. The molecule has 0 unspecified atom stereocenters. The number of hydrogen-bond donors (Lipinski definition) is 0. The van der Waals surface area contributed by atoms with Crippen molar-refractivity contribution in [2.24, 2.45) is 0 Å². The number of hydrogen-bond acceptors (Lipinski definition) is 1. The fourth-order valence-electron chi connectivity index (χ4n) is 2.51. The van der Waals surface area contributed by atoms with Gasteiger partial charge in [0.2, 0.25) is 0 Å². The highest BCUT2D eigenvalue weighted by Crippen LogP contribution is 2.16. The van der Waals surface area contributed by atoms with Gasteiger partial charge in [-0.15, -0.1) is 0 Å². The van der Waals surface area contributed by atoms with Crippen LogP contribution in [0.25, 0.3) is 12.2 Å². The maximum Gasteiger partial charge on any atom is 0.119 e. The molecule has 2 heteroatoms. The van der Waals surface area contributed by atoms with Crippen molar-refractivity contribution in [1.82, 2.24) is 0 Å². The zero-order valence-electron chi connectivity index (χ0n) is 14.5. The molecule has 0 spiro atoms. The van der Waals surface area contributed by atoms with Crippen LogP contribution >= 0.6 is 15.9 Å². The third kappa shape index (κ3) is 7.35. The van der Waals surface area contributed by atoms with Gasteiger partial charge < -0.3 is 4.74 Å². The smallest absolute Gasteiger partial charge is 0.119 e. The average molecular weight is 387 g/mol. The van der Waals surface area contributed by atoms with Gasteiger partial charge in [0.1, 0.15) is 5.75 Å². The normalized spacial score (nSPS) is 11.1. The monoisotopic (exact) mass is 386 g/mol. The fourth-order valence-corrected chi connectivity index (χ4v) is 2.78. The van der Waals surface area contributed by atoms with Gasteiger partial charge in [-0.1, -0.05) is 91.4 Å². The summed E-state index contributed by atoms with van der Waals surface area (Å²) in [5.41, 5.74) is 2.38. The summed E-state index contributed by atoms with van der Waals surface area (Å²) in [6, 6.07) is 16.6. The molecule has 2 rings (SSSR count). The molecule has 1 nitrogen and oxygen atoms in total. The molecule has 0 aliphatic rings. The van der Waals surface area contributed by atoms with Crippen LogP contribution in [0, 0.1) is 0 Å². The highest BCUT2D eigenvalue weighted by atomic mass is 79.9. The maximum atomic E-state index is 5.81. The lowest BCUT2D eigenvalue weighted by Crippen LogP contribution is -1.97. The van der Waals surface area contributed by atoms with E-state index in [1.165, 1.54) is 43.2 Å². The van der Waals surface area contributed by atoms with Crippen molar-refractivity contribution < 1.29 is 4.74 Å². The van der Waals surface area contributed by atoms with E-state index in [1.54, 1.807) is 0 Å². The Balaban J connectivity index is 1.71. The molecule has 0 saturated carbocycles. The molecule has 0 bridgehead atoms. The SMILES string of the molecule is CCCCCCCCOc1ccc(C=Cc2ccc(Br)cc2)cc1. The summed E-state index contributed by atoms with van der Waals surface area (Å²) < 4.78 is 6.92. The van der Waals surface area contributed by atoms with Crippen molar-refractivity contribution in [2.45, 2.75) is 45.4 Å². The van der Waals surface area contributed by atoms with Gasteiger partial charge in [0.25, 0.3) is 0 Å². The minimum Gasteiger partial charge on any atom is -0.494 e. The predicted octanol–water partition coefficient (Wildman–Crippen LogP) is 7.36. The zero-order valence-corrected chi connectivity index (χ0v) is 16.1. The molecule has 24 heavy (non-hydrogen) atoms. The number of ether oxygens (including phenoxy) is 1. The first-order valence-corrected chi connectivity index (χ1v) is 9.74. The molecule has 2 aromatic rings. The number of benzene rings is 2. The number of rotatable bonds is 10. The van der Waals surface area contributed by atoms with E-state index >= 15 is 0 Å². The van der Waals surface area contributed by atoms with E-state index in [0.717, 1.165) is 23.2 Å². The van der Waals surface area contributed by atoms with Crippen LogP contribution in [0.4, 0.5) is 0 Å². The topological polar surface area (TPSA) is 9.23 Å². The van der Waals surface area contributed by atoms with Crippen LogP contribution < -0.4 is 4.74 Å². The van der Waals surface area contributed by atoms with Crippen molar-refractivity contribution in [1.29, 1.82) is 0 Å². The van der Waals surface area contributed by atoms with Crippen molar-refractivity contribution in [2.75, 3.05) is 6.61 Å². The Bertz CT molecular complexity index is 599. The van der Waals surface area contributed by atoms with Gasteiger partial charge in [-0.2, -0.15) is 0 Å². The van der Waals surface area contributed by atoms with Gasteiger partial charge in [0, 0.05) is 4.47 Å². The summed E-state index contributed by atoms with van der Waals surface area (Å²) >= 11 is 3.45. The van der Waals surface area contributed by atoms with Gasteiger partial charge in [-0.25, -0.2) is 0 Å². The highest BCUT2D eigenvalue weighted by molar-refractivity contribution is 9.10. The Morgan fingerprint density at radius 1 is 0.750 bits per heavy atom. The summed E-state index contributed by atoms with van der Waals surface area (Å²) in [5, 5.41) is 0. The predicted molar refractivity (Wildman–Crippen MR) is 108 cm³/mol. The van der Waals surface area contributed by atoms with E-state index in [2.05, 4.69) is 83.5 Å². The van der Waals surface area contributed by atoms with Gasteiger partial charge in [-0.3, -0.25) is 0 Å². The largest absolute Gasteiger partial charge is 0.494 e. The lowest BCUT2D eigenvalue weighted by Gasteiger charge is -2.06. The molecule has 0 N–H and O–H groups in total. The first-order chi connectivity index (χ1) is 11.8.